The second-order valence-corrected chi connectivity index (χ2v) is 5.14. The highest BCUT2D eigenvalue weighted by Gasteiger charge is 2.37. The fourth-order valence-corrected chi connectivity index (χ4v) is 3.05. The number of anilines is 1. The molecule has 3 N–H and O–H groups in total. The van der Waals surface area contributed by atoms with Crippen molar-refractivity contribution in [3.8, 4) is 0 Å². The normalized spacial score (nSPS) is 23.8. The van der Waals surface area contributed by atoms with Gasteiger partial charge in [-0.1, -0.05) is 0 Å². The second-order valence-electron chi connectivity index (χ2n) is 3.86. The number of carbonyl (C=O) groups is 1. The molecule has 1 saturated carbocycles. The average Bonchev–Trinajstić information content (AvgIpc) is 2.16. The van der Waals surface area contributed by atoms with Crippen LogP contribution in [0.3, 0.4) is 0 Å². The van der Waals surface area contributed by atoms with Crippen LogP contribution in [-0.4, -0.2) is 16.3 Å². The molecule has 0 saturated heterocycles. The van der Waals surface area contributed by atoms with Crippen molar-refractivity contribution in [3.05, 3.63) is 24.0 Å². The van der Waals surface area contributed by atoms with E-state index in [0.29, 0.717) is 17.0 Å². The highest BCUT2D eigenvalue weighted by atomic mass is 32.2. The zero-order chi connectivity index (χ0) is 11.7. The molecule has 2 unspecified atom stereocenters. The predicted octanol–water partition coefficient (Wildman–Crippen LogP) is 2.36. The topological polar surface area (TPSA) is 63.3 Å². The van der Waals surface area contributed by atoms with Gasteiger partial charge in [-0.05, 0) is 31.0 Å². The Bertz CT molecular complexity index is 424. The SMILES string of the molecule is Nc1ccc(F)cc1SC1CCC1C(=O)O. The van der Waals surface area contributed by atoms with Gasteiger partial charge >= 0.3 is 5.97 Å². The third-order valence-corrected chi connectivity index (χ3v) is 4.26. The minimum absolute atomic E-state index is 0.0154. The Morgan fingerprint density at radius 3 is 2.81 bits per heavy atom. The molecule has 5 heteroatoms. The molecule has 0 bridgehead atoms. The molecule has 1 aromatic rings. The van der Waals surface area contributed by atoms with E-state index in [1.807, 2.05) is 0 Å². The Morgan fingerprint density at radius 1 is 1.50 bits per heavy atom. The third kappa shape index (κ3) is 2.14. The van der Waals surface area contributed by atoms with Crippen molar-refractivity contribution in [2.24, 2.45) is 5.92 Å². The Kier molecular flexibility index (Phi) is 3.05. The predicted molar refractivity (Wildman–Crippen MR) is 60.8 cm³/mol. The monoisotopic (exact) mass is 241 g/mol. The molecule has 1 fully saturated rings. The van der Waals surface area contributed by atoms with Crippen LogP contribution in [0.25, 0.3) is 0 Å². The third-order valence-electron chi connectivity index (χ3n) is 2.78. The fourth-order valence-electron chi connectivity index (χ4n) is 1.67. The molecule has 0 aliphatic heterocycles. The number of hydrogen-bond acceptors (Lipinski definition) is 3. The summed E-state index contributed by atoms with van der Waals surface area (Å²) in [6.45, 7) is 0. The molecule has 86 valence electrons. The van der Waals surface area contributed by atoms with Crippen molar-refractivity contribution in [3.63, 3.8) is 0 Å². The number of rotatable bonds is 3. The van der Waals surface area contributed by atoms with Crippen LogP contribution in [0, 0.1) is 11.7 Å². The van der Waals surface area contributed by atoms with E-state index in [9.17, 15) is 9.18 Å². The Morgan fingerprint density at radius 2 is 2.25 bits per heavy atom. The molecule has 16 heavy (non-hydrogen) atoms. The van der Waals surface area contributed by atoms with Crippen molar-refractivity contribution in [2.75, 3.05) is 5.73 Å². The van der Waals surface area contributed by atoms with Gasteiger partial charge in [0.05, 0.1) is 5.92 Å². The molecular formula is C11H12FNO2S. The molecule has 0 amide bonds. The van der Waals surface area contributed by atoms with Crippen LogP contribution in [-0.2, 0) is 4.79 Å². The molecule has 0 heterocycles. The summed E-state index contributed by atoms with van der Waals surface area (Å²) in [5.41, 5.74) is 6.21. The minimum Gasteiger partial charge on any atom is -0.481 e. The van der Waals surface area contributed by atoms with Gasteiger partial charge in [0.25, 0.3) is 0 Å². The van der Waals surface area contributed by atoms with Gasteiger partial charge in [-0.15, -0.1) is 11.8 Å². The molecule has 3 nitrogen and oxygen atoms in total. The summed E-state index contributed by atoms with van der Waals surface area (Å²) < 4.78 is 13.0. The summed E-state index contributed by atoms with van der Waals surface area (Å²) in [4.78, 5) is 11.5. The Balaban J connectivity index is 2.09. The number of carboxylic acids is 1. The van der Waals surface area contributed by atoms with Gasteiger partial charge in [-0.3, -0.25) is 4.79 Å². The molecule has 2 rings (SSSR count). The van der Waals surface area contributed by atoms with Crippen LogP contribution in [0.1, 0.15) is 12.8 Å². The first-order valence-corrected chi connectivity index (χ1v) is 5.90. The lowest BCUT2D eigenvalue weighted by Gasteiger charge is -2.32. The molecule has 0 spiro atoms. The maximum Gasteiger partial charge on any atom is 0.307 e. The molecule has 1 aromatic carbocycles. The Hall–Kier alpha value is -1.23. The number of halogens is 1. The van der Waals surface area contributed by atoms with E-state index in [-0.39, 0.29) is 17.0 Å². The average molecular weight is 241 g/mol. The maximum atomic E-state index is 13.0. The van der Waals surface area contributed by atoms with Crippen molar-refractivity contribution < 1.29 is 14.3 Å². The first-order chi connectivity index (χ1) is 7.58. The van der Waals surface area contributed by atoms with E-state index < -0.39 is 5.97 Å². The van der Waals surface area contributed by atoms with E-state index >= 15 is 0 Å². The summed E-state index contributed by atoms with van der Waals surface area (Å²) in [7, 11) is 0. The highest BCUT2D eigenvalue weighted by Crippen LogP contribution is 2.43. The number of nitrogens with two attached hydrogens (primary N) is 1. The summed E-state index contributed by atoms with van der Waals surface area (Å²) in [6, 6.07) is 4.16. The van der Waals surface area contributed by atoms with Crippen LogP contribution in [0.4, 0.5) is 10.1 Å². The zero-order valence-corrected chi connectivity index (χ0v) is 9.34. The van der Waals surface area contributed by atoms with E-state index in [0.717, 1.165) is 6.42 Å². The second kappa shape index (κ2) is 4.33. The molecule has 1 aliphatic carbocycles. The van der Waals surface area contributed by atoms with Crippen LogP contribution in [0.2, 0.25) is 0 Å². The highest BCUT2D eigenvalue weighted by molar-refractivity contribution is 8.00. The lowest BCUT2D eigenvalue weighted by Crippen LogP contribution is -2.35. The van der Waals surface area contributed by atoms with Crippen molar-refractivity contribution in [1.82, 2.24) is 0 Å². The van der Waals surface area contributed by atoms with Gasteiger partial charge in [0.15, 0.2) is 0 Å². The van der Waals surface area contributed by atoms with Gasteiger partial charge < -0.3 is 10.8 Å². The number of thioether (sulfide) groups is 1. The van der Waals surface area contributed by atoms with Crippen molar-refractivity contribution >= 4 is 23.4 Å². The maximum absolute atomic E-state index is 13.0. The number of aliphatic carboxylic acids is 1. The fraction of sp³-hybridized carbons (Fsp3) is 0.364. The van der Waals surface area contributed by atoms with Crippen LogP contribution in [0.15, 0.2) is 23.1 Å². The number of nitrogen functional groups attached to an aromatic ring is 1. The quantitative estimate of drug-likeness (QED) is 0.797. The summed E-state index contributed by atoms with van der Waals surface area (Å²) >= 11 is 1.36. The van der Waals surface area contributed by atoms with E-state index in [4.69, 9.17) is 10.8 Å². The van der Waals surface area contributed by atoms with E-state index in [1.54, 1.807) is 0 Å². The number of hydrogen-bond donors (Lipinski definition) is 2. The minimum atomic E-state index is -0.779. The molecule has 0 aromatic heterocycles. The smallest absolute Gasteiger partial charge is 0.307 e. The Labute approximate surface area is 96.8 Å². The number of carboxylic acid groups (broad SMARTS) is 1. The zero-order valence-electron chi connectivity index (χ0n) is 8.52. The number of benzene rings is 1. The van der Waals surface area contributed by atoms with Crippen LogP contribution < -0.4 is 5.73 Å². The molecule has 0 radical (unpaired) electrons. The summed E-state index contributed by atoms with van der Waals surface area (Å²) in [5, 5.41) is 8.90. The standard InChI is InChI=1S/C11H12FNO2S/c12-6-1-3-8(13)10(5-6)16-9-4-2-7(9)11(14)15/h1,3,5,7,9H,2,4,13H2,(H,14,15). The first kappa shape index (κ1) is 11.3. The van der Waals surface area contributed by atoms with Gasteiger partial charge in [-0.2, -0.15) is 0 Å². The van der Waals surface area contributed by atoms with Crippen molar-refractivity contribution in [1.29, 1.82) is 0 Å². The summed E-state index contributed by atoms with van der Waals surface area (Å²) in [5.74, 6) is -1.45. The van der Waals surface area contributed by atoms with Crippen LogP contribution in [0.5, 0.6) is 0 Å². The lowest BCUT2D eigenvalue weighted by atomic mass is 9.85. The van der Waals surface area contributed by atoms with Crippen LogP contribution >= 0.6 is 11.8 Å². The van der Waals surface area contributed by atoms with Gasteiger partial charge in [0.1, 0.15) is 5.82 Å². The molecule has 1 aliphatic rings. The van der Waals surface area contributed by atoms with Gasteiger partial charge in [0, 0.05) is 15.8 Å². The van der Waals surface area contributed by atoms with Gasteiger partial charge in [0.2, 0.25) is 0 Å². The largest absolute Gasteiger partial charge is 0.481 e. The van der Waals surface area contributed by atoms with Gasteiger partial charge in [-0.25, -0.2) is 4.39 Å². The lowest BCUT2D eigenvalue weighted by molar-refractivity contribution is -0.144. The molecular weight excluding hydrogens is 229 g/mol. The van der Waals surface area contributed by atoms with Crippen molar-refractivity contribution in [2.45, 2.75) is 23.0 Å². The summed E-state index contributed by atoms with van der Waals surface area (Å²) in [6.07, 6.45) is 1.54. The first-order valence-electron chi connectivity index (χ1n) is 5.02. The van der Waals surface area contributed by atoms with E-state index in [2.05, 4.69) is 0 Å². The van der Waals surface area contributed by atoms with E-state index in [1.165, 1.54) is 30.0 Å². The molecule has 2 atom stereocenters.